The van der Waals surface area contributed by atoms with Crippen LogP contribution in [0.5, 0.6) is 0 Å². The van der Waals surface area contributed by atoms with Crippen molar-refractivity contribution in [3.8, 4) is 0 Å². The van der Waals surface area contributed by atoms with Crippen molar-refractivity contribution in [2.45, 2.75) is 33.2 Å². The predicted molar refractivity (Wildman–Crippen MR) is 178 cm³/mol. The fourth-order valence-corrected chi connectivity index (χ4v) is 4.76. The summed E-state index contributed by atoms with van der Waals surface area (Å²) in [5.74, 6) is -2.07. The van der Waals surface area contributed by atoms with Gasteiger partial charge in [0.2, 0.25) is 5.91 Å². The number of esters is 1. The number of amides is 1. The van der Waals surface area contributed by atoms with Crippen LogP contribution in [0, 0.1) is 5.92 Å². The van der Waals surface area contributed by atoms with Crippen LogP contribution in [-0.2, 0) is 30.3 Å². The summed E-state index contributed by atoms with van der Waals surface area (Å²) in [5.41, 5.74) is 5.38. The van der Waals surface area contributed by atoms with E-state index in [2.05, 4.69) is 81.0 Å². The minimum atomic E-state index is -0.981. The molecule has 3 N–H and O–H groups in total. The average Bonchev–Trinajstić information content (AvgIpc) is 3.42. The molecule has 0 spiro atoms. The Hall–Kier alpha value is -4.48. The minimum absolute atomic E-state index is 0.0445. The smallest absolute Gasteiger partial charge is 0.330 e. The summed E-state index contributed by atoms with van der Waals surface area (Å²) in [6, 6.07) is 6.82. The van der Waals surface area contributed by atoms with E-state index in [0.29, 0.717) is 12.6 Å². The normalized spacial score (nSPS) is 16.1. The monoisotopic (exact) mass is 624 g/mol. The molecule has 2 aromatic rings. The van der Waals surface area contributed by atoms with Gasteiger partial charge in [-0.15, -0.1) is 0 Å². The number of aliphatic carboxylic acids is 2. The van der Waals surface area contributed by atoms with E-state index in [1.807, 2.05) is 23.9 Å². The van der Waals surface area contributed by atoms with E-state index in [0.717, 1.165) is 44.8 Å². The summed E-state index contributed by atoms with van der Waals surface area (Å²) < 4.78 is 4.70. The highest BCUT2D eigenvalue weighted by Gasteiger charge is 2.36. The van der Waals surface area contributed by atoms with Gasteiger partial charge in [0, 0.05) is 67.0 Å². The van der Waals surface area contributed by atoms with E-state index in [4.69, 9.17) is 14.9 Å². The lowest BCUT2D eigenvalue weighted by Gasteiger charge is -2.40. The molecule has 0 bridgehead atoms. The molecule has 0 saturated heterocycles. The second kappa shape index (κ2) is 19.0. The van der Waals surface area contributed by atoms with Crippen molar-refractivity contribution >= 4 is 40.3 Å². The van der Waals surface area contributed by atoms with Gasteiger partial charge < -0.3 is 29.7 Å². The van der Waals surface area contributed by atoms with Crippen molar-refractivity contribution in [2.75, 3.05) is 53.9 Å². The van der Waals surface area contributed by atoms with Gasteiger partial charge in [0.15, 0.2) is 0 Å². The fraction of sp³-hybridized carbons (Fsp3) is 0.412. The SMILES string of the molecule is C=C(C)C(=O)O.C=CC(=O)O.C=CC(=O)OCCN(C)C.CCN(CC)C(=O)[C@@H]1C=C2c3cccc4[nH]cc(c34)C[C@H]2N(C)C1. The van der Waals surface area contributed by atoms with Gasteiger partial charge in [-0.1, -0.05) is 37.9 Å². The number of aromatic nitrogens is 1. The molecule has 0 saturated carbocycles. The molecule has 11 nitrogen and oxygen atoms in total. The Balaban J connectivity index is 0.000000398. The number of ether oxygens (including phenoxy) is 1. The Kier molecular flexibility index (Phi) is 16.3. The van der Waals surface area contributed by atoms with Gasteiger partial charge in [-0.3, -0.25) is 9.69 Å². The van der Waals surface area contributed by atoms with Gasteiger partial charge in [-0.2, -0.15) is 0 Å². The van der Waals surface area contributed by atoms with Crippen LogP contribution in [0.1, 0.15) is 31.9 Å². The number of carbonyl (C=O) groups is 4. The predicted octanol–water partition coefficient (Wildman–Crippen LogP) is 4.09. The zero-order valence-corrected chi connectivity index (χ0v) is 27.3. The minimum Gasteiger partial charge on any atom is -0.478 e. The van der Waals surface area contributed by atoms with Crippen molar-refractivity contribution in [3.63, 3.8) is 0 Å². The van der Waals surface area contributed by atoms with Crippen LogP contribution in [0.15, 0.2) is 67.9 Å². The van der Waals surface area contributed by atoms with Crippen molar-refractivity contribution in [2.24, 2.45) is 5.92 Å². The van der Waals surface area contributed by atoms with Crippen LogP contribution >= 0.6 is 0 Å². The molecule has 0 radical (unpaired) electrons. The summed E-state index contributed by atoms with van der Waals surface area (Å²) in [7, 11) is 5.99. The highest BCUT2D eigenvalue weighted by Crippen LogP contribution is 2.40. The number of carbonyl (C=O) groups excluding carboxylic acids is 2. The van der Waals surface area contributed by atoms with Crippen molar-refractivity contribution in [1.29, 1.82) is 0 Å². The average molecular weight is 625 g/mol. The molecule has 1 aliphatic heterocycles. The van der Waals surface area contributed by atoms with E-state index >= 15 is 0 Å². The van der Waals surface area contributed by atoms with Crippen molar-refractivity contribution in [1.82, 2.24) is 19.7 Å². The maximum atomic E-state index is 12.9. The topological polar surface area (TPSA) is 143 Å². The second-order valence-corrected chi connectivity index (χ2v) is 10.7. The van der Waals surface area contributed by atoms with Gasteiger partial charge in [-0.25, -0.2) is 14.4 Å². The Morgan fingerprint density at radius 2 is 1.71 bits per heavy atom. The molecule has 1 amide bonds. The molecule has 0 fully saturated rings. The largest absolute Gasteiger partial charge is 0.478 e. The molecule has 1 aromatic carbocycles. The summed E-state index contributed by atoms with van der Waals surface area (Å²) in [6.45, 7) is 18.5. The number of fused-ring (bicyclic) bond motifs is 2. The number of hydrogen-bond acceptors (Lipinski definition) is 7. The maximum absolute atomic E-state index is 12.9. The van der Waals surface area contributed by atoms with E-state index in [-0.39, 0.29) is 23.4 Å². The molecule has 1 aliphatic carbocycles. The molecule has 2 heterocycles. The molecule has 1 aromatic heterocycles. The van der Waals surface area contributed by atoms with E-state index < -0.39 is 11.9 Å². The lowest BCUT2D eigenvalue weighted by Crippen LogP contribution is -2.47. The Morgan fingerprint density at radius 3 is 2.20 bits per heavy atom. The second-order valence-electron chi connectivity index (χ2n) is 10.7. The van der Waals surface area contributed by atoms with Crippen molar-refractivity contribution < 1.29 is 34.1 Å². The van der Waals surface area contributed by atoms with Gasteiger partial charge in [0.1, 0.15) is 6.61 Å². The van der Waals surface area contributed by atoms with Gasteiger partial charge in [-0.05, 0) is 71.1 Å². The summed E-state index contributed by atoms with van der Waals surface area (Å²) in [5, 5.41) is 16.8. The maximum Gasteiger partial charge on any atom is 0.330 e. The number of carboxylic acid groups (broad SMARTS) is 2. The number of rotatable bonds is 9. The Labute approximate surface area is 266 Å². The first kappa shape index (κ1) is 38.5. The van der Waals surface area contributed by atoms with Crippen LogP contribution in [0.2, 0.25) is 0 Å². The highest BCUT2D eigenvalue weighted by molar-refractivity contribution is 5.99. The first-order chi connectivity index (χ1) is 21.2. The van der Waals surface area contributed by atoms with E-state index in [1.54, 1.807) is 0 Å². The molecule has 2 atom stereocenters. The van der Waals surface area contributed by atoms with Crippen LogP contribution in [0.4, 0.5) is 0 Å². The third-order valence-corrected chi connectivity index (χ3v) is 7.15. The van der Waals surface area contributed by atoms with Crippen LogP contribution in [-0.4, -0.2) is 114 Å². The number of aromatic amines is 1. The lowest BCUT2D eigenvalue weighted by molar-refractivity contribution is -0.138. The lowest BCUT2D eigenvalue weighted by atomic mass is 9.79. The molecule has 4 rings (SSSR count). The fourth-order valence-electron chi connectivity index (χ4n) is 4.76. The summed E-state index contributed by atoms with van der Waals surface area (Å²) >= 11 is 0. The number of nitrogens with zero attached hydrogens (tertiary/aromatic N) is 3. The third kappa shape index (κ3) is 11.8. The summed E-state index contributed by atoms with van der Waals surface area (Å²) in [6.07, 6.45) is 7.41. The first-order valence-electron chi connectivity index (χ1n) is 14.7. The van der Waals surface area contributed by atoms with Gasteiger partial charge >= 0.3 is 17.9 Å². The first-order valence-corrected chi connectivity index (χ1v) is 14.7. The number of likely N-dealkylation sites (N-methyl/N-ethyl adjacent to an activating group) is 2. The molecule has 45 heavy (non-hydrogen) atoms. The number of carboxylic acids is 2. The number of hydrogen-bond donors (Lipinski definition) is 3. The highest BCUT2D eigenvalue weighted by atomic mass is 16.5. The number of benzene rings is 1. The number of nitrogens with one attached hydrogen (secondary N) is 1. The standard InChI is InChI=1S/C20H25N3O.C7H13NO2.C4H6O2.C3H4O2/c1-4-23(5-2)20(24)14-9-16-15-7-6-8-17-19(15)13(11-21-17)10-18(16)22(3)12-14;1-4-7(9)10-6-5-8(2)3;1-3(2)4(5)6;1-2-3(4)5/h6-9,11,14,18,21H,4-5,10,12H2,1-3H3;4H,1,5-6H2,2-3H3;1H2,2H3,(H,5,6);2H,1H2,(H,4,5)/t14-,18-;;;/m1.../s1. The Morgan fingerprint density at radius 1 is 1.11 bits per heavy atom. The number of H-pyrrole nitrogens is 1. The molecule has 0 unspecified atom stereocenters. The van der Waals surface area contributed by atoms with Crippen molar-refractivity contribution in [3.05, 3.63) is 79.1 Å². The molecule has 2 aliphatic rings. The van der Waals surface area contributed by atoms with Crippen LogP contribution in [0.25, 0.3) is 16.5 Å². The van der Waals surface area contributed by atoms with E-state index in [9.17, 15) is 19.2 Å². The molecular weight excluding hydrogens is 576 g/mol. The van der Waals surface area contributed by atoms with Gasteiger partial charge in [0.05, 0.1) is 5.92 Å². The molecule has 246 valence electrons. The summed E-state index contributed by atoms with van der Waals surface area (Å²) in [4.78, 5) is 51.8. The van der Waals surface area contributed by atoms with E-state index in [1.165, 1.54) is 34.5 Å². The quantitative estimate of drug-likeness (QED) is 0.278. The van der Waals surface area contributed by atoms with Crippen LogP contribution in [0.3, 0.4) is 0 Å². The molecule has 11 heteroatoms. The zero-order chi connectivity index (χ0) is 34.3. The van der Waals surface area contributed by atoms with Crippen LogP contribution < -0.4 is 0 Å². The zero-order valence-electron chi connectivity index (χ0n) is 27.3. The van der Waals surface area contributed by atoms with Gasteiger partial charge in [0.25, 0.3) is 0 Å². The Bertz CT molecular complexity index is 1380. The molecular formula is C34H48N4O7. The third-order valence-electron chi connectivity index (χ3n) is 7.15.